The van der Waals surface area contributed by atoms with Crippen LogP contribution in [0.25, 0.3) is 0 Å². The summed E-state index contributed by atoms with van der Waals surface area (Å²) in [6.07, 6.45) is 1.60. The van der Waals surface area contributed by atoms with Gasteiger partial charge in [-0.25, -0.2) is 0 Å². The Labute approximate surface area is 104 Å². The molecule has 0 unspecified atom stereocenters. The average Bonchev–Trinajstić information content (AvgIpc) is 2.98. The fraction of sp³-hybridized carbons (Fsp3) is 0.308. The van der Waals surface area contributed by atoms with Crippen LogP contribution in [0.5, 0.6) is 0 Å². The van der Waals surface area contributed by atoms with Gasteiger partial charge in [0.1, 0.15) is 5.76 Å². The van der Waals surface area contributed by atoms with Gasteiger partial charge in [0.05, 0.1) is 18.2 Å². The molecule has 0 saturated heterocycles. The highest BCUT2D eigenvalue weighted by atomic mass is 32.1. The zero-order valence-corrected chi connectivity index (χ0v) is 10.7. The third-order valence-electron chi connectivity index (χ3n) is 2.71. The maximum absolute atomic E-state index is 12.1. The van der Waals surface area contributed by atoms with Gasteiger partial charge in [-0.05, 0) is 37.4 Å². The first-order chi connectivity index (χ1) is 8.10. The van der Waals surface area contributed by atoms with Crippen molar-refractivity contribution >= 4 is 17.2 Å². The largest absolute Gasteiger partial charge is 0.467 e. The number of carbonyl (C=O) groups is 1. The quantitative estimate of drug-likeness (QED) is 0.905. The summed E-state index contributed by atoms with van der Waals surface area (Å²) in [6.45, 7) is 4.28. The molecule has 4 heteroatoms. The minimum Gasteiger partial charge on any atom is -0.467 e. The van der Waals surface area contributed by atoms with Crippen molar-refractivity contribution in [1.82, 2.24) is 5.32 Å². The van der Waals surface area contributed by atoms with E-state index < -0.39 is 5.41 Å². The Morgan fingerprint density at radius 1 is 1.41 bits per heavy atom. The average molecular weight is 249 g/mol. The molecule has 0 aliphatic rings. The summed E-state index contributed by atoms with van der Waals surface area (Å²) >= 11 is 1.60. The fourth-order valence-corrected chi connectivity index (χ4v) is 2.40. The Kier molecular flexibility index (Phi) is 3.33. The highest BCUT2D eigenvalue weighted by Crippen LogP contribution is 2.27. The number of rotatable bonds is 4. The number of nitrogens with one attached hydrogen (secondary N) is 1. The van der Waals surface area contributed by atoms with Gasteiger partial charge >= 0.3 is 0 Å². The van der Waals surface area contributed by atoms with E-state index in [4.69, 9.17) is 4.42 Å². The first-order valence-electron chi connectivity index (χ1n) is 5.45. The van der Waals surface area contributed by atoms with E-state index in [0.29, 0.717) is 6.54 Å². The predicted octanol–water partition coefficient (Wildman–Crippen LogP) is 2.94. The topological polar surface area (TPSA) is 42.2 Å². The van der Waals surface area contributed by atoms with Crippen LogP contribution in [0.3, 0.4) is 0 Å². The van der Waals surface area contributed by atoms with Gasteiger partial charge < -0.3 is 9.73 Å². The summed E-state index contributed by atoms with van der Waals surface area (Å²) in [4.78, 5) is 13.2. The molecular weight excluding hydrogens is 234 g/mol. The maximum Gasteiger partial charge on any atom is 0.231 e. The van der Waals surface area contributed by atoms with Gasteiger partial charge in [0.2, 0.25) is 5.91 Å². The second-order valence-electron chi connectivity index (χ2n) is 4.36. The molecular formula is C13H15NO2S. The van der Waals surface area contributed by atoms with E-state index in [1.807, 2.05) is 43.5 Å². The van der Waals surface area contributed by atoms with Crippen LogP contribution in [-0.2, 0) is 16.8 Å². The SMILES string of the molecule is CC(C)(C(=O)NCc1ccco1)c1cccs1. The van der Waals surface area contributed by atoms with Crippen molar-refractivity contribution in [2.75, 3.05) is 0 Å². The van der Waals surface area contributed by atoms with Crippen molar-refractivity contribution < 1.29 is 9.21 Å². The van der Waals surface area contributed by atoms with Crippen LogP contribution in [-0.4, -0.2) is 5.91 Å². The fourth-order valence-electron chi connectivity index (χ4n) is 1.55. The zero-order chi connectivity index (χ0) is 12.3. The number of furan rings is 1. The van der Waals surface area contributed by atoms with E-state index in [2.05, 4.69) is 5.32 Å². The number of thiophene rings is 1. The highest BCUT2D eigenvalue weighted by molar-refractivity contribution is 7.10. The van der Waals surface area contributed by atoms with E-state index in [0.717, 1.165) is 10.6 Å². The second-order valence-corrected chi connectivity index (χ2v) is 5.31. The summed E-state index contributed by atoms with van der Waals surface area (Å²) in [5.41, 5.74) is -0.499. The Balaban J connectivity index is 2.00. The number of amides is 1. The van der Waals surface area contributed by atoms with Crippen molar-refractivity contribution in [3.8, 4) is 0 Å². The number of hydrogen-bond acceptors (Lipinski definition) is 3. The van der Waals surface area contributed by atoms with Crippen molar-refractivity contribution in [1.29, 1.82) is 0 Å². The third kappa shape index (κ3) is 2.58. The molecule has 0 bridgehead atoms. The van der Waals surface area contributed by atoms with Crippen LogP contribution in [0.15, 0.2) is 40.3 Å². The first kappa shape index (κ1) is 11.9. The second kappa shape index (κ2) is 4.75. The van der Waals surface area contributed by atoms with Crippen LogP contribution in [0.2, 0.25) is 0 Å². The van der Waals surface area contributed by atoms with Crippen molar-refractivity contribution in [3.05, 3.63) is 46.5 Å². The van der Waals surface area contributed by atoms with Gasteiger partial charge in [-0.2, -0.15) is 0 Å². The van der Waals surface area contributed by atoms with Crippen LogP contribution in [0, 0.1) is 0 Å². The van der Waals surface area contributed by atoms with Crippen LogP contribution < -0.4 is 5.32 Å². The number of carbonyl (C=O) groups excluding carboxylic acids is 1. The Hall–Kier alpha value is -1.55. The molecule has 0 aliphatic carbocycles. The summed E-state index contributed by atoms with van der Waals surface area (Å²) in [5, 5.41) is 4.87. The molecule has 90 valence electrons. The van der Waals surface area contributed by atoms with Gasteiger partial charge in [0.15, 0.2) is 0 Å². The van der Waals surface area contributed by atoms with Gasteiger partial charge in [0.25, 0.3) is 0 Å². The van der Waals surface area contributed by atoms with E-state index in [-0.39, 0.29) is 5.91 Å². The third-order valence-corrected chi connectivity index (χ3v) is 3.90. The Bertz CT molecular complexity index is 472. The van der Waals surface area contributed by atoms with Gasteiger partial charge in [-0.15, -0.1) is 11.3 Å². The van der Waals surface area contributed by atoms with Crippen molar-refractivity contribution in [2.45, 2.75) is 25.8 Å². The Morgan fingerprint density at radius 3 is 2.82 bits per heavy atom. The van der Waals surface area contributed by atoms with Gasteiger partial charge in [-0.1, -0.05) is 6.07 Å². The van der Waals surface area contributed by atoms with Crippen LogP contribution in [0.1, 0.15) is 24.5 Å². The van der Waals surface area contributed by atoms with E-state index in [9.17, 15) is 4.79 Å². The minimum absolute atomic E-state index is 0.0105. The standard InChI is InChI=1S/C13H15NO2S/c1-13(2,11-6-4-8-17-11)12(15)14-9-10-5-3-7-16-10/h3-8H,9H2,1-2H3,(H,14,15). The molecule has 0 atom stereocenters. The summed E-state index contributed by atoms with van der Waals surface area (Å²) in [5.74, 6) is 0.775. The molecule has 0 saturated carbocycles. The lowest BCUT2D eigenvalue weighted by Gasteiger charge is -2.21. The first-order valence-corrected chi connectivity index (χ1v) is 6.33. The maximum atomic E-state index is 12.1. The monoisotopic (exact) mass is 249 g/mol. The summed E-state index contributed by atoms with van der Waals surface area (Å²) in [6, 6.07) is 7.60. The molecule has 0 aromatic carbocycles. The molecule has 0 fully saturated rings. The predicted molar refractivity (Wildman–Crippen MR) is 67.9 cm³/mol. The van der Waals surface area contributed by atoms with E-state index >= 15 is 0 Å². The molecule has 3 nitrogen and oxygen atoms in total. The zero-order valence-electron chi connectivity index (χ0n) is 9.90. The lowest BCUT2D eigenvalue weighted by atomic mass is 9.90. The summed E-state index contributed by atoms with van der Waals surface area (Å²) in [7, 11) is 0. The van der Waals surface area contributed by atoms with Gasteiger partial charge in [0, 0.05) is 4.88 Å². The van der Waals surface area contributed by atoms with Crippen LogP contribution >= 0.6 is 11.3 Å². The molecule has 2 aromatic heterocycles. The lowest BCUT2D eigenvalue weighted by Crippen LogP contribution is -2.39. The number of hydrogen-bond donors (Lipinski definition) is 1. The van der Waals surface area contributed by atoms with Crippen molar-refractivity contribution in [3.63, 3.8) is 0 Å². The molecule has 2 rings (SSSR count). The molecule has 2 heterocycles. The summed E-state index contributed by atoms with van der Waals surface area (Å²) < 4.78 is 5.18. The lowest BCUT2D eigenvalue weighted by molar-refractivity contribution is -0.125. The molecule has 0 aliphatic heterocycles. The molecule has 0 radical (unpaired) electrons. The van der Waals surface area contributed by atoms with Crippen LogP contribution in [0.4, 0.5) is 0 Å². The molecule has 17 heavy (non-hydrogen) atoms. The van der Waals surface area contributed by atoms with E-state index in [1.165, 1.54) is 0 Å². The normalized spacial score (nSPS) is 11.4. The van der Waals surface area contributed by atoms with E-state index in [1.54, 1.807) is 17.6 Å². The smallest absolute Gasteiger partial charge is 0.231 e. The molecule has 1 amide bonds. The minimum atomic E-state index is -0.499. The van der Waals surface area contributed by atoms with Crippen molar-refractivity contribution in [2.24, 2.45) is 0 Å². The van der Waals surface area contributed by atoms with Gasteiger partial charge in [-0.3, -0.25) is 4.79 Å². The highest BCUT2D eigenvalue weighted by Gasteiger charge is 2.30. The molecule has 0 spiro atoms. The Morgan fingerprint density at radius 2 is 2.24 bits per heavy atom. The molecule has 2 aromatic rings. The molecule has 1 N–H and O–H groups in total.